The van der Waals surface area contributed by atoms with Crippen LogP contribution in [0.5, 0.6) is 0 Å². The Labute approximate surface area is 54.1 Å². The number of hydrogen-bond acceptors (Lipinski definition) is 2. The van der Waals surface area contributed by atoms with Gasteiger partial charge in [-0.15, -0.1) is 0 Å². The van der Waals surface area contributed by atoms with Gasteiger partial charge in [0.15, 0.2) is 6.29 Å². The van der Waals surface area contributed by atoms with Gasteiger partial charge < -0.3 is 9.84 Å². The van der Waals surface area contributed by atoms with Crippen molar-refractivity contribution in [3.8, 4) is 0 Å². The van der Waals surface area contributed by atoms with Crippen LogP contribution in [-0.2, 0) is 4.74 Å². The van der Waals surface area contributed by atoms with Crippen LogP contribution in [0.1, 0.15) is 12.8 Å². The fourth-order valence-electron chi connectivity index (χ4n) is 1.56. The molecule has 2 nitrogen and oxygen atoms in total. The van der Waals surface area contributed by atoms with Crippen LogP contribution in [0.4, 0.5) is 0 Å². The monoisotopic (exact) mass is 126 g/mol. The van der Waals surface area contributed by atoms with E-state index in [0.717, 1.165) is 12.8 Å². The zero-order valence-electron chi connectivity index (χ0n) is 5.16. The quantitative estimate of drug-likeness (QED) is 0.483. The lowest BCUT2D eigenvalue weighted by Crippen LogP contribution is -2.09. The normalized spacial score (nSPS) is 47.9. The van der Waals surface area contributed by atoms with E-state index in [4.69, 9.17) is 9.84 Å². The van der Waals surface area contributed by atoms with Crippen molar-refractivity contribution in [3.63, 3.8) is 0 Å². The van der Waals surface area contributed by atoms with Crippen LogP contribution in [0.2, 0.25) is 0 Å². The lowest BCUT2D eigenvalue weighted by atomic mass is 10.1. The number of aliphatic hydroxyl groups excluding tert-OH is 1. The second kappa shape index (κ2) is 1.82. The summed E-state index contributed by atoms with van der Waals surface area (Å²) in [6.07, 6.45) is 5.84. The lowest BCUT2D eigenvalue weighted by molar-refractivity contribution is -0.0891. The Balaban J connectivity index is 2.08. The number of ether oxygens (including phenoxy) is 1. The van der Waals surface area contributed by atoms with Gasteiger partial charge in [-0.1, -0.05) is 12.2 Å². The van der Waals surface area contributed by atoms with Crippen molar-refractivity contribution in [3.05, 3.63) is 12.2 Å². The highest BCUT2D eigenvalue weighted by atomic mass is 16.6. The zero-order chi connectivity index (χ0) is 6.27. The minimum atomic E-state index is -0.495. The molecule has 0 aromatic heterocycles. The molecule has 0 amide bonds. The lowest BCUT2D eigenvalue weighted by Gasteiger charge is -2.05. The number of rotatable bonds is 0. The standard InChI is InChI=1S/C7H10O2/c8-7-4-5-2-1-3-6(5)9-7/h1-2,5-8H,3-4H2/t5-,6-,7?/m0/s1. The van der Waals surface area contributed by atoms with Crippen LogP contribution < -0.4 is 0 Å². The molecule has 3 atom stereocenters. The molecule has 0 aromatic rings. The predicted octanol–water partition coefficient (Wildman–Crippen LogP) is 0.670. The van der Waals surface area contributed by atoms with Crippen LogP contribution >= 0.6 is 0 Å². The van der Waals surface area contributed by atoms with Gasteiger partial charge in [0, 0.05) is 12.3 Å². The van der Waals surface area contributed by atoms with Crippen LogP contribution in [0.25, 0.3) is 0 Å². The van der Waals surface area contributed by atoms with Gasteiger partial charge >= 0.3 is 0 Å². The summed E-state index contributed by atoms with van der Waals surface area (Å²) in [5.74, 6) is 0.500. The van der Waals surface area contributed by atoms with Crippen LogP contribution in [0.3, 0.4) is 0 Å². The molecule has 9 heavy (non-hydrogen) atoms. The molecule has 1 heterocycles. The summed E-state index contributed by atoms with van der Waals surface area (Å²) in [5, 5.41) is 8.98. The van der Waals surface area contributed by atoms with E-state index in [2.05, 4.69) is 12.2 Å². The van der Waals surface area contributed by atoms with E-state index in [9.17, 15) is 0 Å². The number of aliphatic hydroxyl groups is 1. The molecule has 2 heteroatoms. The van der Waals surface area contributed by atoms with Gasteiger partial charge in [0.1, 0.15) is 0 Å². The molecule has 50 valence electrons. The van der Waals surface area contributed by atoms with E-state index in [1.165, 1.54) is 0 Å². The van der Waals surface area contributed by atoms with Crippen molar-refractivity contribution < 1.29 is 9.84 Å². The Kier molecular flexibility index (Phi) is 1.10. The summed E-state index contributed by atoms with van der Waals surface area (Å²) in [4.78, 5) is 0. The molecule has 1 aliphatic carbocycles. The molecule has 1 fully saturated rings. The van der Waals surface area contributed by atoms with Gasteiger partial charge in [-0.2, -0.15) is 0 Å². The second-order valence-corrected chi connectivity index (χ2v) is 2.69. The molecule has 1 saturated heterocycles. The highest BCUT2D eigenvalue weighted by molar-refractivity contribution is 5.04. The van der Waals surface area contributed by atoms with E-state index >= 15 is 0 Å². The Bertz CT molecular complexity index is 142. The summed E-state index contributed by atoms with van der Waals surface area (Å²) >= 11 is 0. The molecule has 1 aliphatic heterocycles. The Morgan fingerprint density at radius 1 is 1.56 bits per heavy atom. The van der Waals surface area contributed by atoms with Crippen LogP contribution in [0.15, 0.2) is 12.2 Å². The van der Waals surface area contributed by atoms with Crippen molar-refractivity contribution in [2.45, 2.75) is 25.2 Å². The third-order valence-electron chi connectivity index (χ3n) is 2.03. The first-order valence-corrected chi connectivity index (χ1v) is 3.36. The molecule has 0 saturated carbocycles. The molecule has 0 radical (unpaired) electrons. The first kappa shape index (κ1) is 5.45. The predicted molar refractivity (Wildman–Crippen MR) is 32.7 cm³/mol. The molecule has 1 unspecified atom stereocenters. The minimum absolute atomic E-state index is 0.292. The molecule has 0 spiro atoms. The van der Waals surface area contributed by atoms with Gasteiger partial charge in [-0.3, -0.25) is 0 Å². The maximum Gasteiger partial charge on any atom is 0.155 e. The molecular weight excluding hydrogens is 116 g/mol. The minimum Gasteiger partial charge on any atom is -0.368 e. The maximum atomic E-state index is 8.98. The number of hydrogen-bond donors (Lipinski definition) is 1. The van der Waals surface area contributed by atoms with Gasteiger partial charge in [-0.25, -0.2) is 0 Å². The second-order valence-electron chi connectivity index (χ2n) is 2.69. The first-order valence-electron chi connectivity index (χ1n) is 3.36. The smallest absolute Gasteiger partial charge is 0.155 e. The molecular formula is C7H10O2. The van der Waals surface area contributed by atoms with E-state index in [1.54, 1.807) is 0 Å². The molecule has 1 N–H and O–H groups in total. The van der Waals surface area contributed by atoms with Gasteiger partial charge in [-0.05, 0) is 6.42 Å². The topological polar surface area (TPSA) is 29.5 Å². The SMILES string of the molecule is OC1C[C@@H]2C=CC[C@@H]2O1. The molecule has 2 rings (SSSR count). The number of fused-ring (bicyclic) bond motifs is 1. The van der Waals surface area contributed by atoms with Crippen molar-refractivity contribution in [2.24, 2.45) is 5.92 Å². The van der Waals surface area contributed by atoms with Gasteiger partial charge in [0.2, 0.25) is 0 Å². The average Bonchev–Trinajstić information content (AvgIpc) is 2.22. The van der Waals surface area contributed by atoms with E-state index in [-0.39, 0.29) is 0 Å². The van der Waals surface area contributed by atoms with Crippen molar-refractivity contribution in [1.29, 1.82) is 0 Å². The highest BCUT2D eigenvalue weighted by Gasteiger charge is 2.34. The molecule has 0 bridgehead atoms. The third-order valence-corrected chi connectivity index (χ3v) is 2.03. The average molecular weight is 126 g/mol. The van der Waals surface area contributed by atoms with E-state index in [1.807, 2.05) is 0 Å². The van der Waals surface area contributed by atoms with E-state index in [0.29, 0.717) is 12.0 Å². The third kappa shape index (κ3) is 0.787. The van der Waals surface area contributed by atoms with Gasteiger partial charge in [0.05, 0.1) is 6.10 Å². The molecule has 0 aromatic carbocycles. The maximum absolute atomic E-state index is 8.98. The molecule has 2 aliphatic rings. The summed E-state index contributed by atoms with van der Waals surface area (Å²) < 4.78 is 5.18. The summed E-state index contributed by atoms with van der Waals surface area (Å²) in [7, 11) is 0. The van der Waals surface area contributed by atoms with Crippen LogP contribution in [-0.4, -0.2) is 17.5 Å². The fraction of sp³-hybridized carbons (Fsp3) is 0.714. The highest BCUT2D eigenvalue weighted by Crippen LogP contribution is 2.32. The summed E-state index contributed by atoms with van der Waals surface area (Å²) in [5.41, 5.74) is 0. The fourth-order valence-corrected chi connectivity index (χ4v) is 1.56. The van der Waals surface area contributed by atoms with Crippen molar-refractivity contribution in [1.82, 2.24) is 0 Å². The summed E-state index contributed by atoms with van der Waals surface area (Å²) in [6, 6.07) is 0. The Morgan fingerprint density at radius 3 is 3.22 bits per heavy atom. The Morgan fingerprint density at radius 2 is 2.44 bits per heavy atom. The van der Waals surface area contributed by atoms with Crippen molar-refractivity contribution in [2.75, 3.05) is 0 Å². The van der Waals surface area contributed by atoms with Crippen LogP contribution in [0, 0.1) is 5.92 Å². The zero-order valence-corrected chi connectivity index (χ0v) is 5.16. The Hall–Kier alpha value is -0.340. The summed E-state index contributed by atoms with van der Waals surface area (Å²) in [6.45, 7) is 0. The largest absolute Gasteiger partial charge is 0.368 e. The van der Waals surface area contributed by atoms with E-state index < -0.39 is 6.29 Å². The van der Waals surface area contributed by atoms with Crippen molar-refractivity contribution >= 4 is 0 Å². The first-order chi connectivity index (χ1) is 4.36. The van der Waals surface area contributed by atoms with Gasteiger partial charge in [0.25, 0.3) is 0 Å².